The van der Waals surface area contributed by atoms with Gasteiger partial charge in [0.1, 0.15) is 0 Å². The van der Waals surface area contributed by atoms with E-state index < -0.39 is 0 Å². The van der Waals surface area contributed by atoms with E-state index in [4.69, 9.17) is 4.98 Å². The minimum absolute atomic E-state index is 0.737. The Morgan fingerprint density at radius 1 is 1.18 bits per heavy atom. The van der Waals surface area contributed by atoms with Crippen LogP contribution in [0, 0.1) is 5.92 Å². The zero-order valence-electron chi connectivity index (χ0n) is 11.0. The first kappa shape index (κ1) is 12.1. The molecule has 2 aromatic rings. The third-order valence-electron chi connectivity index (χ3n) is 3.19. The summed E-state index contributed by atoms with van der Waals surface area (Å²) in [6.07, 6.45) is 3.32. The normalized spacial score (nSPS) is 11.3. The second kappa shape index (κ2) is 5.31. The molecule has 0 saturated heterocycles. The van der Waals surface area contributed by atoms with Gasteiger partial charge < -0.3 is 0 Å². The maximum atomic E-state index is 4.79. The molecule has 0 radical (unpaired) electrons. The van der Waals surface area contributed by atoms with Gasteiger partial charge in [-0.05, 0) is 36.6 Å². The van der Waals surface area contributed by atoms with Crippen LogP contribution in [-0.2, 0) is 12.8 Å². The third-order valence-corrected chi connectivity index (χ3v) is 3.19. The Kier molecular flexibility index (Phi) is 3.78. The summed E-state index contributed by atoms with van der Waals surface area (Å²) in [5.41, 5.74) is 2.48. The molecule has 1 aromatic heterocycles. The van der Waals surface area contributed by atoms with Gasteiger partial charge >= 0.3 is 0 Å². The second-order valence-corrected chi connectivity index (χ2v) is 5.07. The molecule has 17 heavy (non-hydrogen) atoms. The summed E-state index contributed by atoms with van der Waals surface area (Å²) in [5.74, 6) is 0.737. The van der Waals surface area contributed by atoms with Crippen LogP contribution in [0.5, 0.6) is 0 Å². The molecule has 90 valence electrons. The van der Waals surface area contributed by atoms with Crippen molar-refractivity contribution in [2.24, 2.45) is 5.92 Å². The number of aromatic nitrogens is 1. The summed E-state index contributed by atoms with van der Waals surface area (Å²) in [5, 5.41) is 2.66. The molecule has 0 amide bonds. The molecule has 0 aliphatic rings. The molecule has 0 bridgehead atoms. The van der Waals surface area contributed by atoms with Gasteiger partial charge in [0.25, 0.3) is 0 Å². The van der Waals surface area contributed by atoms with Crippen LogP contribution in [0.3, 0.4) is 0 Å². The Bertz CT molecular complexity index is 500. The minimum atomic E-state index is 0.737. The van der Waals surface area contributed by atoms with Crippen molar-refractivity contribution in [1.29, 1.82) is 0 Å². The molecule has 0 saturated carbocycles. The van der Waals surface area contributed by atoms with E-state index in [9.17, 15) is 0 Å². The van der Waals surface area contributed by atoms with Crippen molar-refractivity contribution < 1.29 is 0 Å². The summed E-state index contributed by atoms with van der Waals surface area (Å²) in [6.45, 7) is 6.71. The number of nitrogens with zero attached hydrogens (tertiary/aromatic N) is 1. The van der Waals surface area contributed by atoms with Gasteiger partial charge in [-0.1, -0.05) is 45.0 Å². The van der Waals surface area contributed by atoms with E-state index in [0.717, 1.165) is 18.8 Å². The summed E-state index contributed by atoms with van der Waals surface area (Å²) in [4.78, 5) is 4.79. The molecule has 0 unspecified atom stereocenters. The summed E-state index contributed by atoms with van der Waals surface area (Å²) in [6, 6.07) is 10.8. The Morgan fingerprint density at radius 2 is 1.94 bits per heavy atom. The highest BCUT2D eigenvalue weighted by molar-refractivity contribution is 5.84. The first-order valence-electron chi connectivity index (χ1n) is 6.58. The van der Waals surface area contributed by atoms with Crippen LogP contribution in [0.15, 0.2) is 30.3 Å². The van der Waals surface area contributed by atoms with Gasteiger partial charge in [0.2, 0.25) is 0 Å². The van der Waals surface area contributed by atoms with Crippen molar-refractivity contribution in [2.45, 2.75) is 40.0 Å². The highest BCUT2D eigenvalue weighted by Gasteiger charge is 2.06. The summed E-state index contributed by atoms with van der Waals surface area (Å²) >= 11 is 0. The van der Waals surface area contributed by atoms with E-state index in [1.54, 1.807) is 0 Å². The summed E-state index contributed by atoms with van der Waals surface area (Å²) in [7, 11) is 0. The monoisotopic (exact) mass is 227 g/mol. The summed E-state index contributed by atoms with van der Waals surface area (Å²) < 4.78 is 0. The predicted octanol–water partition coefficient (Wildman–Crippen LogP) is 4.39. The van der Waals surface area contributed by atoms with Crippen LogP contribution in [-0.4, -0.2) is 4.98 Å². The molecule has 2 rings (SSSR count). The Hall–Kier alpha value is -1.37. The van der Waals surface area contributed by atoms with Crippen LogP contribution in [0.25, 0.3) is 10.8 Å². The number of hydrogen-bond acceptors (Lipinski definition) is 1. The third kappa shape index (κ3) is 2.85. The molecule has 0 aliphatic carbocycles. The second-order valence-electron chi connectivity index (χ2n) is 5.07. The topological polar surface area (TPSA) is 12.9 Å². The fourth-order valence-electron chi connectivity index (χ4n) is 2.13. The lowest BCUT2D eigenvalue weighted by Gasteiger charge is -2.10. The molecule has 1 heteroatoms. The molecular weight excluding hydrogens is 206 g/mol. The Morgan fingerprint density at radius 3 is 2.65 bits per heavy atom. The van der Waals surface area contributed by atoms with Crippen molar-refractivity contribution in [3.8, 4) is 0 Å². The molecule has 0 N–H and O–H groups in total. The highest BCUT2D eigenvalue weighted by Crippen LogP contribution is 2.21. The van der Waals surface area contributed by atoms with E-state index in [2.05, 4.69) is 51.1 Å². The maximum Gasteiger partial charge on any atom is 0.0485 e. The first-order valence-corrected chi connectivity index (χ1v) is 6.58. The van der Waals surface area contributed by atoms with E-state index in [1.165, 1.54) is 28.6 Å². The zero-order chi connectivity index (χ0) is 12.3. The molecule has 0 atom stereocenters. The van der Waals surface area contributed by atoms with E-state index in [1.807, 2.05) is 0 Å². The lowest BCUT2D eigenvalue weighted by atomic mass is 10.0. The Labute approximate surface area is 104 Å². The van der Waals surface area contributed by atoms with Gasteiger partial charge in [0.15, 0.2) is 0 Å². The van der Waals surface area contributed by atoms with Gasteiger partial charge in [-0.3, -0.25) is 4.98 Å². The predicted molar refractivity (Wildman–Crippen MR) is 74.3 cm³/mol. The van der Waals surface area contributed by atoms with Crippen molar-refractivity contribution in [2.75, 3.05) is 0 Å². The van der Waals surface area contributed by atoms with Crippen LogP contribution >= 0.6 is 0 Å². The largest absolute Gasteiger partial charge is 0.257 e. The van der Waals surface area contributed by atoms with Crippen LogP contribution in [0.1, 0.15) is 38.6 Å². The quantitative estimate of drug-likeness (QED) is 0.755. The van der Waals surface area contributed by atoms with Gasteiger partial charge in [-0.25, -0.2) is 0 Å². The molecule has 1 aromatic carbocycles. The van der Waals surface area contributed by atoms with Gasteiger partial charge in [0, 0.05) is 16.8 Å². The number of benzene rings is 1. The Balaban J connectivity index is 2.43. The van der Waals surface area contributed by atoms with E-state index in [0.29, 0.717) is 0 Å². The van der Waals surface area contributed by atoms with Crippen molar-refractivity contribution in [3.05, 3.63) is 41.7 Å². The van der Waals surface area contributed by atoms with Gasteiger partial charge in [-0.15, -0.1) is 0 Å². The lowest BCUT2D eigenvalue weighted by Crippen LogP contribution is -1.99. The van der Waals surface area contributed by atoms with Crippen LogP contribution < -0.4 is 0 Å². The van der Waals surface area contributed by atoms with Gasteiger partial charge in [0.05, 0.1) is 0 Å². The average molecular weight is 227 g/mol. The highest BCUT2D eigenvalue weighted by atomic mass is 14.7. The molecule has 1 heterocycles. The van der Waals surface area contributed by atoms with Gasteiger partial charge in [-0.2, -0.15) is 0 Å². The maximum absolute atomic E-state index is 4.79. The molecule has 1 nitrogen and oxygen atoms in total. The average Bonchev–Trinajstić information content (AvgIpc) is 2.35. The molecular formula is C16H21N. The SMILES string of the molecule is CCc1cc2ccccc2c(CCC(C)C)n1. The number of aryl methyl sites for hydroxylation is 2. The minimum Gasteiger partial charge on any atom is -0.257 e. The van der Waals surface area contributed by atoms with Crippen molar-refractivity contribution in [3.63, 3.8) is 0 Å². The van der Waals surface area contributed by atoms with Crippen LogP contribution in [0.4, 0.5) is 0 Å². The fraction of sp³-hybridized carbons (Fsp3) is 0.438. The molecule has 0 spiro atoms. The first-order chi connectivity index (χ1) is 8.20. The van der Waals surface area contributed by atoms with E-state index in [-0.39, 0.29) is 0 Å². The lowest BCUT2D eigenvalue weighted by molar-refractivity contribution is 0.582. The fourth-order valence-corrected chi connectivity index (χ4v) is 2.13. The molecule has 0 fully saturated rings. The molecule has 0 aliphatic heterocycles. The van der Waals surface area contributed by atoms with Crippen molar-refractivity contribution in [1.82, 2.24) is 4.98 Å². The van der Waals surface area contributed by atoms with E-state index >= 15 is 0 Å². The number of hydrogen-bond donors (Lipinski definition) is 0. The number of fused-ring (bicyclic) bond motifs is 1. The standard InChI is InChI=1S/C16H21N/c1-4-14-11-13-7-5-6-8-15(13)16(17-14)10-9-12(2)3/h5-8,11-12H,4,9-10H2,1-3H3. The van der Waals surface area contributed by atoms with Crippen LogP contribution in [0.2, 0.25) is 0 Å². The number of rotatable bonds is 4. The van der Waals surface area contributed by atoms with Crippen molar-refractivity contribution >= 4 is 10.8 Å². The zero-order valence-corrected chi connectivity index (χ0v) is 11.0. The smallest absolute Gasteiger partial charge is 0.0485 e. The number of pyridine rings is 1.